The van der Waals surface area contributed by atoms with Crippen LogP contribution >= 0.6 is 0 Å². The molecule has 0 aromatic heterocycles. The van der Waals surface area contributed by atoms with Gasteiger partial charge in [-0.2, -0.15) is 0 Å². The van der Waals surface area contributed by atoms with E-state index in [1.165, 1.54) is 24.8 Å². The molecule has 4 rings (SSSR count). The molecule has 5 heteroatoms. The van der Waals surface area contributed by atoms with Crippen LogP contribution in [0.1, 0.15) is 94.5 Å². The van der Waals surface area contributed by atoms with Gasteiger partial charge in [0.1, 0.15) is 0 Å². The molecule has 1 saturated carbocycles. The summed E-state index contributed by atoms with van der Waals surface area (Å²) in [5, 5.41) is 3.33. The van der Waals surface area contributed by atoms with E-state index in [9.17, 15) is 9.59 Å². The summed E-state index contributed by atoms with van der Waals surface area (Å²) in [7, 11) is 0. The zero-order valence-corrected chi connectivity index (χ0v) is 20.9. The van der Waals surface area contributed by atoms with Crippen molar-refractivity contribution in [2.45, 2.75) is 96.1 Å². The highest BCUT2D eigenvalue weighted by Gasteiger charge is 2.32. The Balaban J connectivity index is 1.21. The van der Waals surface area contributed by atoms with E-state index in [0.717, 1.165) is 70.3 Å². The predicted molar refractivity (Wildman–Crippen MR) is 133 cm³/mol. The lowest BCUT2D eigenvalue weighted by Crippen LogP contribution is -2.50. The number of carbonyl (C=O) groups excluding carboxylic acids is 2. The van der Waals surface area contributed by atoms with Crippen molar-refractivity contribution in [3.8, 4) is 0 Å². The smallest absolute Gasteiger partial charge is 0.253 e. The molecule has 0 unspecified atom stereocenters. The fourth-order valence-electron chi connectivity index (χ4n) is 5.82. The van der Waals surface area contributed by atoms with Gasteiger partial charge in [-0.15, -0.1) is 0 Å². The maximum absolute atomic E-state index is 13.0. The molecule has 2 amide bonds. The number of hydrogen-bond acceptors (Lipinski definition) is 3. The van der Waals surface area contributed by atoms with Crippen LogP contribution in [0.25, 0.3) is 0 Å². The van der Waals surface area contributed by atoms with E-state index in [1.807, 2.05) is 17.0 Å². The van der Waals surface area contributed by atoms with Crippen molar-refractivity contribution in [2.24, 2.45) is 5.92 Å². The van der Waals surface area contributed by atoms with E-state index in [0.29, 0.717) is 18.0 Å². The Bertz CT molecular complexity index is 791. The van der Waals surface area contributed by atoms with Gasteiger partial charge in [-0.05, 0) is 74.7 Å². The van der Waals surface area contributed by atoms with Crippen molar-refractivity contribution in [1.82, 2.24) is 15.1 Å². The second-order valence-electron chi connectivity index (χ2n) is 11.5. The first kappa shape index (κ1) is 24.3. The van der Waals surface area contributed by atoms with Crippen LogP contribution in [-0.4, -0.2) is 59.9 Å². The lowest BCUT2D eigenvalue weighted by atomic mass is 9.86. The normalized spacial score (nSPS) is 22.3. The maximum Gasteiger partial charge on any atom is 0.253 e. The van der Waals surface area contributed by atoms with Gasteiger partial charge in [0.05, 0.1) is 0 Å². The molecule has 0 atom stereocenters. The summed E-state index contributed by atoms with van der Waals surface area (Å²) < 4.78 is 0. The third-order valence-corrected chi connectivity index (χ3v) is 8.12. The third kappa shape index (κ3) is 6.17. The molecule has 2 aliphatic heterocycles. The van der Waals surface area contributed by atoms with Gasteiger partial charge in [0, 0.05) is 36.7 Å². The highest BCUT2D eigenvalue weighted by Crippen LogP contribution is 2.27. The van der Waals surface area contributed by atoms with Crippen molar-refractivity contribution in [1.29, 1.82) is 0 Å². The van der Waals surface area contributed by atoms with Gasteiger partial charge in [0.2, 0.25) is 5.91 Å². The van der Waals surface area contributed by atoms with E-state index in [1.54, 1.807) is 0 Å². The Labute approximate surface area is 200 Å². The molecule has 1 aromatic rings. The topological polar surface area (TPSA) is 52.7 Å². The van der Waals surface area contributed by atoms with E-state index in [4.69, 9.17) is 0 Å². The van der Waals surface area contributed by atoms with Gasteiger partial charge >= 0.3 is 0 Å². The first-order valence-electron chi connectivity index (χ1n) is 13.3. The number of amides is 2. The van der Waals surface area contributed by atoms with Gasteiger partial charge in [0.15, 0.2) is 0 Å². The largest absolute Gasteiger partial charge is 0.353 e. The third-order valence-electron chi connectivity index (χ3n) is 8.12. The average molecular weight is 454 g/mol. The van der Waals surface area contributed by atoms with Crippen LogP contribution in [-0.2, 0) is 10.2 Å². The highest BCUT2D eigenvalue weighted by molar-refractivity contribution is 5.94. The summed E-state index contributed by atoms with van der Waals surface area (Å²) in [6.07, 6.45) is 10.1. The second-order valence-corrected chi connectivity index (χ2v) is 11.5. The van der Waals surface area contributed by atoms with Crippen LogP contribution in [0.2, 0.25) is 0 Å². The zero-order chi connectivity index (χ0) is 23.4. The highest BCUT2D eigenvalue weighted by atomic mass is 16.2. The molecule has 33 heavy (non-hydrogen) atoms. The van der Waals surface area contributed by atoms with Gasteiger partial charge in [-0.3, -0.25) is 9.59 Å². The summed E-state index contributed by atoms with van der Waals surface area (Å²) in [6, 6.07) is 9.11. The molecule has 1 aliphatic carbocycles. The molecule has 182 valence electrons. The van der Waals surface area contributed by atoms with E-state index in [-0.39, 0.29) is 17.2 Å². The molecule has 3 aliphatic rings. The Morgan fingerprint density at radius 2 is 1.42 bits per heavy atom. The minimum Gasteiger partial charge on any atom is -0.353 e. The van der Waals surface area contributed by atoms with Crippen molar-refractivity contribution >= 4 is 11.8 Å². The molecule has 2 heterocycles. The summed E-state index contributed by atoms with van der Waals surface area (Å²) in [6.45, 7) is 10.3. The number of nitrogens with zero attached hydrogens (tertiary/aromatic N) is 2. The Morgan fingerprint density at radius 3 is 2.00 bits per heavy atom. The van der Waals surface area contributed by atoms with Gasteiger partial charge in [-0.1, -0.05) is 52.2 Å². The van der Waals surface area contributed by atoms with Crippen LogP contribution in [0.15, 0.2) is 24.3 Å². The second kappa shape index (κ2) is 10.6. The van der Waals surface area contributed by atoms with Crippen LogP contribution in [0.4, 0.5) is 0 Å². The predicted octanol–water partition coefficient (Wildman–Crippen LogP) is 4.75. The van der Waals surface area contributed by atoms with Gasteiger partial charge in [0.25, 0.3) is 5.91 Å². The van der Waals surface area contributed by atoms with Gasteiger partial charge in [-0.25, -0.2) is 0 Å². The average Bonchev–Trinajstić information content (AvgIpc) is 2.84. The van der Waals surface area contributed by atoms with Crippen molar-refractivity contribution in [3.05, 3.63) is 35.4 Å². The number of nitrogens with one attached hydrogen (secondary N) is 1. The van der Waals surface area contributed by atoms with E-state index in [2.05, 4.69) is 43.1 Å². The van der Waals surface area contributed by atoms with E-state index >= 15 is 0 Å². The van der Waals surface area contributed by atoms with Crippen molar-refractivity contribution in [2.75, 3.05) is 26.2 Å². The summed E-state index contributed by atoms with van der Waals surface area (Å²) >= 11 is 0. The Kier molecular flexibility index (Phi) is 7.78. The number of rotatable bonds is 4. The van der Waals surface area contributed by atoms with E-state index < -0.39 is 0 Å². The van der Waals surface area contributed by atoms with Gasteiger partial charge < -0.3 is 15.1 Å². The SMILES string of the molecule is CC(C)(C)c1ccc(C(=O)N2CCC(N3CCC(C(=O)NC4CCCCC4)CC3)CC2)cc1. The molecule has 1 aromatic carbocycles. The quantitative estimate of drug-likeness (QED) is 0.716. The number of benzene rings is 1. The number of hydrogen-bond donors (Lipinski definition) is 1. The summed E-state index contributed by atoms with van der Waals surface area (Å²) in [5.74, 6) is 0.632. The number of piperidine rings is 2. The Hall–Kier alpha value is -1.88. The molecular weight excluding hydrogens is 410 g/mol. The van der Waals surface area contributed by atoms with Crippen molar-refractivity contribution in [3.63, 3.8) is 0 Å². The molecule has 1 N–H and O–H groups in total. The maximum atomic E-state index is 13.0. The zero-order valence-electron chi connectivity index (χ0n) is 20.9. The summed E-state index contributed by atoms with van der Waals surface area (Å²) in [4.78, 5) is 30.3. The minimum atomic E-state index is 0.101. The van der Waals surface area contributed by atoms with Crippen LogP contribution in [0.3, 0.4) is 0 Å². The first-order chi connectivity index (χ1) is 15.8. The molecular formula is C28H43N3O2. The fraction of sp³-hybridized carbons (Fsp3) is 0.714. The Morgan fingerprint density at radius 1 is 0.818 bits per heavy atom. The molecule has 2 saturated heterocycles. The molecule has 0 spiro atoms. The van der Waals surface area contributed by atoms with Crippen LogP contribution < -0.4 is 5.32 Å². The molecule has 5 nitrogen and oxygen atoms in total. The van der Waals surface area contributed by atoms with Crippen molar-refractivity contribution < 1.29 is 9.59 Å². The fourth-order valence-corrected chi connectivity index (χ4v) is 5.82. The van der Waals surface area contributed by atoms with Crippen LogP contribution in [0, 0.1) is 5.92 Å². The molecule has 3 fully saturated rings. The standard InChI is InChI=1S/C28H43N3O2/c1-28(2,3)23-11-9-22(10-12-23)27(33)31-19-15-25(16-20-31)30-17-13-21(14-18-30)26(32)29-24-7-5-4-6-8-24/h9-12,21,24-25H,4-8,13-20H2,1-3H3,(H,29,32). The molecule has 0 radical (unpaired) electrons. The lowest BCUT2D eigenvalue weighted by Gasteiger charge is -2.41. The first-order valence-corrected chi connectivity index (χ1v) is 13.3. The number of carbonyl (C=O) groups is 2. The molecule has 0 bridgehead atoms. The number of likely N-dealkylation sites (tertiary alicyclic amines) is 2. The monoisotopic (exact) mass is 453 g/mol. The summed E-state index contributed by atoms with van der Waals surface area (Å²) in [5.41, 5.74) is 2.16. The van der Waals surface area contributed by atoms with Crippen LogP contribution in [0.5, 0.6) is 0 Å². The minimum absolute atomic E-state index is 0.101. The lowest BCUT2D eigenvalue weighted by molar-refractivity contribution is -0.127.